The SMILES string of the molecule is Cc1cc(Oc2ccc3c(C(=O)Nc4cccc(C(F)(F)F)c4)cccc3c2)ccn1. The summed E-state index contributed by atoms with van der Waals surface area (Å²) in [5.74, 6) is 0.738. The lowest BCUT2D eigenvalue weighted by molar-refractivity contribution is -0.137. The number of alkyl halides is 3. The van der Waals surface area contributed by atoms with Crippen LogP contribution in [0.15, 0.2) is 79.0 Å². The predicted octanol–water partition coefficient (Wildman–Crippen LogP) is 6.61. The Labute approximate surface area is 176 Å². The van der Waals surface area contributed by atoms with E-state index in [1.54, 1.807) is 42.6 Å². The van der Waals surface area contributed by atoms with Gasteiger partial charge in [-0.2, -0.15) is 13.2 Å². The van der Waals surface area contributed by atoms with Gasteiger partial charge in [-0.1, -0.05) is 18.2 Å². The number of nitrogens with one attached hydrogen (secondary N) is 1. The van der Waals surface area contributed by atoms with Crippen LogP contribution in [-0.2, 0) is 6.18 Å². The Hall–Kier alpha value is -3.87. The first kappa shape index (κ1) is 20.4. The van der Waals surface area contributed by atoms with E-state index in [0.717, 1.165) is 23.2 Å². The van der Waals surface area contributed by atoms with Crippen molar-refractivity contribution in [2.24, 2.45) is 0 Å². The van der Waals surface area contributed by atoms with Crippen molar-refractivity contribution in [2.45, 2.75) is 13.1 Å². The number of aryl methyl sites for hydroxylation is 1. The number of nitrogens with zero attached hydrogens (tertiary/aromatic N) is 1. The Balaban J connectivity index is 1.60. The fourth-order valence-corrected chi connectivity index (χ4v) is 3.21. The van der Waals surface area contributed by atoms with Gasteiger partial charge in [0.25, 0.3) is 5.91 Å². The highest BCUT2D eigenvalue weighted by Crippen LogP contribution is 2.31. The molecule has 0 radical (unpaired) electrons. The third kappa shape index (κ3) is 4.66. The lowest BCUT2D eigenvalue weighted by atomic mass is 10.0. The van der Waals surface area contributed by atoms with Gasteiger partial charge < -0.3 is 10.1 Å². The summed E-state index contributed by atoms with van der Waals surface area (Å²) in [5, 5.41) is 3.97. The largest absolute Gasteiger partial charge is 0.457 e. The standard InChI is InChI=1S/C24H17F3N2O2/c1-15-12-20(10-11-28-15)31-19-8-9-21-16(13-19)4-2-7-22(21)23(30)29-18-6-3-5-17(14-18)24(25,26)27/h2-14H,1H3,(H,29,30). The van der Waals surface area contributed by atoms with E-state index in [4.69, 9.17) is 4.74 Å². The molecule has 0 bridgehead atoms. The van der Waals surface area contributed by atoms with E-state index in [9.17, 15) is 18.0 Å². The molecule has 1 amide bonds. The van der Waals surface area contributed by atoms with Gasteiger partial charge in [0.15, 0.2) is 0 Å². The van der Waals surface area contributed by atoms with Crippen LogP contribution < -0.4 is 10.1 Å². The number of fused-ring (bicyclic) bond motifs is 1. The van der Waals surface area contributed by atoms with Crippen LogP contribution >= 0.6 is 0 Å². The van der Waals surface area contributed by atoms with E-state index >= 15 is 0 Å². The number of pyridine rings is 1. The van der Waals surface area contributed by atoms with Crippen LogP contribution in [0.2, 0.25) is 0 Å². The highest BCUT2D eigenvalue weighted by atomic mass is 19.4. The van der Waals surface area contributed by atoms with E-state index < -0.39 is 17.6 Å². The molecule has 4 nitrogen and oxygen atoms in total. The maximum atomic E-state index is 12.9. The highest BCUT2D eigenvalue weighted by Gasteiger charge is 2.30. The summed E-state index contributed by atoms with van der Waals surface area (Å²) in [6.07, 6.45) is -2.83. The number of carbonyl (C=O) groups excluding carboxylic acids is 1. The van der Waals surface area contributed by atoms with Crippen molar-refractivity contribution < 1.29 is 22.7 Å². The zero-order valence-electron chi connectivity index (χ0n) is 16.4. The van der Waals surface area contributed by atoms with Gasteiger partial charge in [0.05, 0.1) is 5.56 Å². The summed E-state index contributed by atoms with van der Waals surface area (Å²) in [7, 11) is 0. The molecule has 1 N–H and O–H groups in total. The quantitative estimate of drug-likeness (QED) is 0.403. The molecular formula is C24H17F3N2O2. The molecule has 0 saturated heterocycles. The zero-order chi connectivity index (χ0) is 22.0. The second-order valence-corrected chi connectivity index (χ2v) is 6.96. The van der Waals surface area contributed by atoms with Crippen LogP contribution in [0.25, 0.3) is 10.8 Å². The maximum absolute atomic E-state index is 12.9. The summed E-state index contributed by atoms with van der Waals surface area (Å²) >= 11 is 0. The minimum absolute atomic E-state index is 0.0739. The third-order valence-electron chi connectivity index (χ3n) is 4.65. The van der Waals surface area contributed by atoms with Gasteiger partial charge in [-0.3, -0.25) is 9.78 Å². The van der Waals surface area contributed by atoms with Crippen LogP contribution in [0.3, 0.4) is 0 Å². The molecule has 156 valence electrons. The average molecular weight is 422 g/mol. The molecule has 4 aromatic rings. The topological polar surface area (TPSA) is 51.2 Å². The molecule has 4 rings (SSSR count). The molecule has 7 heteroatoms. The number of benzene rings is 3. The normalized spacial score (nSPS) is 11.4. The van der Waals surface area contributed by atoms with Crippen LogP contribution in [0.4, 0.5) is 18.9 Å². The molecule has 1 heterocycles. The molecule has 0 unspecified atom stereocenters. The number of amides is 1. The van der Waals surface area contributed by atoms with Gasteiger partial charge in [0, 0.05) is 29.2 Å². The first-order chi connectivity index (χ1) is 14.8. The number of anilines is 1. The van der Waals surface area contributed by atoms with Crippen molar-refractivity contribution in [3.63, 3.8) is 0 Å². The van der Waals surface area contributed by atoms with Crippen LogP contribution in [0.5, 0.6) is 11.5 Å². The molecule has 3 aromatic carbocycles. The molecule has 0 atom stereocenters. The van der Waals surface area contributed by atoms with E-state index in [1.807, 2.05) is 19.1 Å². The zero-order valence-corrected chi connectivity index (χ0v) is 16.4. The van der Waals surface area contributed by atoms with Gasteiger partial charge in [-0.05, 0) is 66.2 Å². The minimum Gasteiger partial charge on any atom is -0.457 e. The Bertz CT molecular complexity index is 1270. The minimum atomic E-state index is -4.48. The molecule has 31 heavy (non-hydrogen) atoms. The van der Waals surface area contributed by atoms with Crippen molar-refractivity contribution in [3.05, 3.63) is 95.8 Å². The van der Waals surface area contributed by atoms with Crippen molar-refractivity contribution in [2.75, 3.05) is 5.32 Å². The number of carbonyl (C=O) groups is 1. The summed E-state index contributed by atoms with van der Waals surface area (Å²) in [6, 6.07) is 18.5. The van der Waals surface area contributed by atoms with E-state index in [0.29, 0.717) is 22.4 Å². The lowest BCUT2D eigenvalue weighted by Crippen LogP contribution is -2.13. The number of aromatic nitrogens is 1. The number of hydrogen-bond acceptors (Lipinski definition) is 3. The first-order valence-corrected chi connectivity index (χ1v) is 9.41. The predicted molar refractivity (Wildman–Crippen MR) is 112 cm³/mol. The molecule has 0 aliphatic rings. The summed E-state index contributed by atoms with van der Waals surface area (Å²) < 4.78 is 44.6. The Morgan fingerprint density at radius 1 is 0.935 bits per heavy atom. The fourth-order valence-electron chi connectivity index (χ4n) is 3.21. The third-order valence-corrected chi connectivity index (χ3v) is 4.65. The molecule has 0 saturated carbocycles. The Morgan fingerprint density at radius 2 is 1.71 bits per heavy atom. The van der Waals surface area contributed by atoms with Gasteiger partial charge in [0.2, 0.25) is 0 Å². The second kappa shape index (κ2) is 8.10. The number of hydrogen-bond donors (Lipinski definition) is 1. The fraction of sp³-hybridized carbons (Fsp3) is 0.0833. The van der Waals surface area contributed by atoms with E-state index in [2.05, 4.69) is 10.3 Å². The van der Waals surface area contributed by atoms with Crippen molar-refractivity contribution in [1.82, 2.24) is 4.98 Å². The Morgan fingerprint density at radius 3 is 2.48 bits per heavy atom. The van der Waals surface area contributed by atoms with Crippen molar-refractivity contribution in [1.29, 1.82) is 0 Å². The number of halogens is 3. The van der Waals surface area contributed by atoms with Crippen LogP contribution in [0.1, 0.15) is 21.6 Å². The van der Waals surface area contributed by atoms with Crippen molar-refractivity contribution >= 4 is 22.4 Å². The summed E-state index contributed by atoms with van der Waals surface area (Å²) in [6.45, 7) is 1.86. The van der Waals surface area contributed by atoms with Gasteiger partial charge >= 0.3 is 6.18 Å². The smallest absolute Gasteiger partial charge is 0.416 e. The average Bonchev–Trinajstić information content (AvgIpc) is 2.73. The molecule has 0 spiro atoms. The highest BCUT2D eigenvalue weighted by molar-refractivity contribution is 6.13. The number of rotatable bonds is 4. The summed E-state index contributed by atoms with van der Waals surface area (Å²) in [5.41, 5.74) is 0.425. The van der Waals surface area contributed by atoms with Crippen LogP contribution in [-0.4, -0.2) is 10.9 Å². The molecule has 0 aliphatic carbocycles. The first-order valence-electron chi connectivity index (χ1n) is 9.41. The molecule has 1 aromatic heterocycles. The van der Waals surface area contributed by atoms with Gasteiger partial charge in [-0.25, -0.2) is 0 Å². The van der Waals surface area contributed by atoms with Crippen LogP contribution in [0, 0.1) is 6.92 Å². The lowest BCUT2D eigenvalue weighted by Gasteiger charge is -2.12. The molecular weight excluding hydrogens is 405 g/mol. The molecule has 0 aliphatic heterocycles. The van der Waals surface area contributed by atoms with Gasteiger partial charge in [-0.15, -0.1) is 0 Å². The molecule has 0 fully saturated rings. The number of ether oxygens (including phenoxy) is 1. The van der Waals surface area contributed by atoms with Gasteiger partial charge in [0.1, 0.15) is 11.5 Å². The van der Waals surface area contributed by atoms with E-state index in [-0.39, 0.29) is 5.69 Å². The summed E-state index contributed by atoms with van der Waals surface area (Å²) in [4.78, 5) is 16.9. The van der Waals surface area contributed by atoms with Crippen molar-refractivity contribution in [3.8, 4) is 11.5 Å². The monoisotopic (exact) mass is 422 g/mol. The Kier molecular flexibility index (Phi) is 5.33. The second-order valence-electron chi connectivity index (χ2n) is 6.96. The maximum Gasteiger partial charge on any atom is 0.416 e. The van der Waals surface area contributed by atoms with E-state index in [1.165, 1.54) is 12.1 Å².